The monoisotopic (exact) mass is 270 g/mol. The lowest BCUT2D eigenvalue weighted by molar-refractivity contribution is -0.151. The molecule has 0 saturated heterocycles. The van der Waals surface area contributed by atoms with Crippen LogP contribution in [-0.2, 0) is 22.6 Å². The number of carboxylic acids is 1. The molecule has 1 atom stereocenters. The normalized spacial score (nSPS) is 12.0. The lowest BCUT2D eigenvalue weighted by Gasteiger charge is -2.13. The van der Waals surface area contributed by atoms with Crippen molar-refractivity contribution < 1.29 is 14.6 Å². The topological polar surface area (TPSA) is 46.5 Å². The van der Waals surface area contributed by atoms with E-state index in [1.807, 2.05) is 60.7 Å². The molecular formula is C17H18O3. The molecule has 2 rings (SSSR count). The zero-order chi connectivity index (χ0) is 14.2. The molecule has 0 fully saturated rings. The smallest absolute Gasteiger partial charge is 0.332 e. The molecule has 0 saturated carbocycles. The van der Waals surface area contributed by atoms with Gasteiger partial charge in [-0.1, -0.05) is 60.7 Å². The lowest BCUT2D eigenvalue weighted by Crippen LogP contribution is -2.24. The lowest BCUT2D eigenvalue weighted by atomic mass is 10.1. The molecule has 3 heteroatoms. The van der Waals surface area contributed by atoms with Crippen molar-refractivity contribution in [1.29, 1.82) is 0 Å². The largest absolute Gasteiger partial charge is 0.479 e. The average Bonchev–Trinajstić information content (AvgIpc) is 2.49. The van der Waals surface area contributed by atoms with Gasteiger partial charge in [0.05, 0.1) is 6.61 Å². The molecule has 3 nitrogen and oxygen atoms in total. The highest BCUT2D eigenvalue weighted by molar-refractivity contribution is 5.72. The second kappa shape index (κ2) is 7.46. The zero-order valence-corrected chi connectivity index (χ0v) is 11.2. The second-order valence-electron chi connectivity index (χ2n) is 4.65. The Labute approximate surface area is 118 Å². The van der Waals surface area contributed by atoms with Gasteiger partial charge in [0.25, 0.3) is 0 Å². The predicted molar refractivity (Wildman–Crippen MR) is 77.4 cm³/mol. The van der Waals surface area contributed by atoms with E-state index >= 15 is 0 Å². The van der Waals surface area contributed by atoms with E-state index in [1.165, 1.54) is 0 Å². The highest BCUT2D eigenvalue weighted by Crippen LogP contribution is 2.10. The quantitative estimate of drug-likeness (QED) is 0.839. The third-order valence-corrected chi connectivity index (χ3v) is 3.11. The van der Waals surface area contributed by atoms with Gasteiger partial charge in [-0.2, -0.15) is 0 Å². The van der Waals surface area contributed by atoms with E-state index in [4.69, 9.17) is 4.74 Å². The van der Waals surface area contributed by atoms with E-state index in [-0.39, 0.29) is 0 Å². The van der Waals surface area contributed by atoms with E-state index in [1.54, 1.807) is 0 Å². The van der Waals surface area contributed by atoms with Crippen molar-refractivity contribution in [2.45, 2.75) is 25.6 Å². The van der Waals surface area contributed by atoms with Crippen molar-refractivity contribution in [1.82, 2.24) is 0 Å². The SMILES string of the molecule is O=C(O)[C@@H](CCc1ccccc1)OCc1ccccc1. The summed E-state index contributed by atoms with van der Waals surface area (Å²) < 4.78 is 5.51. The number of ether oxygens (including phenoxy) is 1. The van der Waals surface area contributed by atoms with Crippen LogP contribution in [0.1, 0.15) is 17.5 Å². The molecule has 0 aliphatic carbocycles. The summed E-state index contributed by atoms with van der Waals surface area (Å²) in [4.78, 5) is 11.2. The minimum absolute atomic E-state index is 0.326. The molecule has 0 spiro atoms. The van der Waals surface area contributed by atoms with Crippen molar-refractivity contribution in [3.05, 3.63) is 71.8 Å². The van der Waals surface area contributed by atoms with E-state index in [9.17, 15) is 9.90 Å². The van der Waals surface area contributed by atoms with Gasteiger partial charge in [0.1, 0.15) is 0 Å². The Bertz CT molecular complexity index is 479. The minimum Gasteiger partial charge on any atom is -0.479 e. The van der Waals surface area contributed by atoms with Crippen LogP contribution in [0.3, 0.4) is 0 Å². The van der Waals surface area contributed by atoms with Crippen molar-refractivity contribution in [3.63, 3.8) is 0 Å². The summed E-state index contributed by atoms with van der Waals surface area (Å²) in [6, 6.07) is 19.5. The second-order valence-corrected chi connectivity index (χ2v) is 4.65. The molecule has 0 aliphatic rings. The maximum atomic E-state index is 11.2. The first-order valence-corrected chi connectivity index (χ1v) is 6.68. The van der Waals surface area contributed by atoms with Gasteiger partial charge in [-0.3, -0.25) is 0 Å². The van der Waals surface area contributed by atoms with Gasteiger partial charge < -0.3 is 9.84 Å². The summed E-state index contributed by atoms with van der Waals surface area (Å²) >= 11 is 0. The molecule has 1 N–H and O–H groups in total. The molecule has 0 heterocycles. The summed E-state index contributed by atoms with van der Waals surface area (Å²) in [5.74, 6) is -0.906. The molecule has 0 unspecified atom stereocenters. The van der Waals surface area contributed by atoms with Crippen LogP contribution in [-0.4, -0.2) is 17.2 Å². The highest BCUT2D eigenvalue weighted by Gasteiger charge is 2.17. The van der Waals surface area contributed by atoms with Crippen molar-refractivity contribution in [2.75, 3.05) is 0 Å². The van der Waals surface area contributed by atoms with Crippen LogP contribution in [0, 0.1) is 0 Å². The van der Waals surface area contributed by atoms with Crippen LogP contribution in [0.25, 0.3) is 0 Å². The zero-order valence-electron chi connectivity index (χ0n) is 11.2. The van der Waals surface area contributed by atoms with E-state index < -0.39 is 12.1 Å². The number of rotatable bonds is 7. The Hall–Kier alpha value is -2.13. The molecule has 0 radical (unpaired) electrons. The molecule has 0 bridgehead atoms. The Morgan fingerprint density at radius 2 is 1.50 bits per heavy atom. The fourth-order valence-electron chi connectivity index (χ4n) is 1.99. The first kappa shape index (κ1) is 14.3. The van der Waals surface area contributed by atoms with E-state index in [2.05, 4.69) is 0 Å². The number of benzene rings is 2. The Morgan fingerprint density at radius 3 is 2.05 bits per heavy atom. The predicted octanol–water partition coefficient (Wildman–Crippen LogP) is 3.29. The van der Waals surface area contributed by atoms with Gasteiger partial charge in [-0.25, -0.2) is 4.79 Å². The molecular weight excluding hydrogens is 252 g/mol. The third kappa shape index (κ3) is 4.52. The number of hydrogen-bond acceptors (Lipinski definition) is 2. The van der Waals surface area contributed by atoms with Crippen LogP contribution >= 0.6 is 0 Å². The Balaban J connectivity index is 1.86. The molecule has 104 valence electrons. The van der Waals surface area contributed by atoms with Crippen LogP contribution < -0.4 is 0 Å². The Kier molecular flexibility index (Phi) is 5.33. The first-order valence-electron chi connectivity index (χ1n) is 6.68. The minimum atomic E-state index is -0.906. The molecule has 0 amide bonds. The molecule has 0 aromatic heterocycles. The third-order valence-electron chi connectivity index (χ3n) is 3.11. The maximum absolute atomic E-state index is 11.2. The van der Waals surface area contributed by atoms with Gasteiger partial charge in [-0.15, -0.1) is 0 Å². The van der Waals surface area contributed by atoms with E-state index in [0.29, 0.717) is 19.4 Å². The maximum Gasteiger partial charge on any atom is 0.332 e. The molecule has 2 aromatic rings. The number of carbonyl (C=O) groups is 1. The molecule has 0 aliphatic heterocycles. The molecule has 2 aromatic carbocycles. The summed E-state index contributed by atoms with van der Waals surface area (Å²) in [6.07, 6.45) is 0.411. The summed E-state index contributed by atoms with van der Waals surface area (Å²) in [7, 11) is 0. The summed E-state index contributed by atoms with van der Waals surface area (Å²) in [5.41, 5.74) is 2.11. The van der Waals surface area contributed by atoms with Crippen LogP contribution in [0.4, 0.5) is 0 Å². The van der Waals surface area contributed by atoms with E-state index in [0.717, 1.165) is 11.1 Å². The van der Waals surface area contributed by atoms with Crippen LogP contribution in [0.15, 0.2) is 60.7 Å². The van der Waals surface area contributed by atoms with Crippen molar-refractivity contribution in [3.8, 4) is 0 Å². The fraction of sp³-hybridized carbons (Fsp3) is 0.235. The van der Waals surface area contributed by atoms with Gasteiger partial charge in [0, 0.05) is 0 Å². The number of aryl methyl sites for hydroxylation is 1. The number of hydrogen-bond donors (Lipinski definition) is 1. The molecule has 20 heavy (non-hydrogen) atoms. The highest BCUT2D eigenvalue weighted by atomic mass is 16.5. The standard InChI is InChI=1S/C17H18O3/c18-17(19)16(12-11-14-7-3-1-4-8-14)20-13-15-9-5-2-6-10-15/h1-10,16H,11-13H2,(H,18,19)/t16-/m1/s1. The fourth-order valence-corrected chi connectivity index (χ4v) is 1.99. The first-order chi connectivity index (χ1) is 9.75. The van der Waals surface area contributed by atoms with Crippen LogP contribution in [0.2, 0.25) is 0 Å². The summed E-state index contributed by atoms with van der Waals surface area (Å²) in [5, 5.41) is 9.20. The summed E-state index contributed by atoms with van der Waals surface area (Å²) in [6.45, 7) is 0.326. The van der Waals surface area contributed by atoms with Gasteiger partial charge in [0.15, 0.2) is 6.10 Å². The average molecular weight is 270 g/mol. The van der Waals surface area contributed by atoms with Gasteiger partial charge in [-0.05, 0) is 24.0 Å². The number of aliphatic carboxylic acids is 1. The van der Waals surface area contributed by atoms with Crippen molar-refractivity contribution >= 4 is 5.97 Å². The Morgan fingerprint density at radius 1 is 0.950 bits per heavy atom. The number of carboxylic acid groups (broad SMARTS) is 1. The van der Waals surface area contributed by atoms with Gasteiger partial charge >= 0.3 is 5.97 Å². The van der Waals surface area contributed by atoms with Crippen molar-refractivity contribution in [2.24, 2.45) is 0 Å². The van der Waals surface area contributed by atoms with Crippen LogP contribution in [0.5, 0.6) is 0 Å². The van der Waals surface area contributed by atoms with Gasteiger partial charge in [0.2, 0.25) is 0 Å².